The number of terminal acetylenes is 1. The Hall–Kier alpha value is -2.69. The molecule has 3 rings (SSSR count). The van der Waals surface area contributed by atoms with Crippen LogP contribution in [0.15, 0.2) is 58.4 Å². The summed E-state index contributed by atoms with van der Waals surface area (Å²) in [6.45, 7) is 0.309. The number of para-hydroxylation sites is 1. The number of sulfone groups is 1. The summed E-state index contributed by atoms with van der Waals surface area (Å²) < 4.78 is 25.8. The lowest BCUT2D eigenvalue weighted by molar-refractivity contribution is 0.0998. The standard InChI is InChI=1S/C18H14N2O3S2/c1-3-12-20-15-6-4-5-7-16(15)24-18(20)19-17(21)13-8-10-14(11-9-13)25(2,22)23/h1,4-11H,12H2,2H3. The first kappa shape index (κ1) is 17.1. The van der Waals surface area contributed by atoms with Crippen LogP contribution in [0.4, 0.5) is 0 Å². The van der Waals surface area contributed by atoms with Crippen LogP contribution in [-0.4, -0.2) is 25.1 Å². The molecular weight excluding hydrogens is 356 g/mol. The van der Waals surface area contributed by atoms with Crippen LogP contribution in [-0.2, 0) is 16.4 Å². The van der Waals surface area contributed by atoms with Crippen LogP contribution >= 0.6 is 11.3 Å². The van der Waals surface area contributed by atoms with Crippen LogP contribution in [0, 0.1) is 12.3 Å². The van der Waals surface area contributed by atoms with Crippen molar-refractivity contribution < 1.29 is 13.2 Å². The largest absolute Gasteiger partial charge is 0.305 e. The fraction of sp³-hybridized carbons (Fsp3) is 0.111. The van der Waals surface area contributed by atoms with Crippen molar-refractivity contribution in [2.45, 2.75) is 11.4 Å². The summed E-state index contributed by atoms with van der Waals surface area (Å²) in [7, 11) is -3.30. The molecule has 1 heterocycles. The van der Waals surface area contributed by atoms with Gasteiger partial charge in [-0.15, -0.1) is 6.42 Å². The molecule has 0 radical (unpaired) electrons. The highest BCUT2D eigenvalue weighted by atomic mass is 32.2. The third-order valence-corrected chi connectivity index (χ3v) is 5.75. The molecule has 0 spiro atoms. The number of hydrogen-bond acceptors (Lipinski definition) is 4. The second kappa shape index (κ2) is 6.67. The smallest absolute Gasteiger partial charge is 0.279 e. The highest BCUT2D eigenvalue weighted by Gasteiger charge is 2.11. The quantitative estimate of drug-likeness (QED) is 0.665. The van der Waals surface area contributed by atoms with Gasteiger partial charge >= 0.3 is 0 Å². The maximum absolute atomic E-state index is 12.4. The van der Waals surface area contributed by atoms with Crippen LogP contribution in [0.1, 0.15) is 10.4 Å². The first-order valence-corrected chi connectivity index (χ1v) is 10.0. The van der Waals surface area contributed by atoms with Crippen LogP contribution in [0.5, 0.6) is 0 Å². The van der Waals surface area contributed by atoms with E-state index in [0.717, 1.165) is 16.5 Å². The summed E-state index contributed by atoms with van der Waals surface area (Å²) in [6, 6.07) is 13.4. The van der Waals surface area contributed by atoms with Crippen LogP contribution in [0.25, 0.3) is 10.2 Å². The van der Waals surface area contributed by atoms with Gasteiger partial charge in [-0.25, -0.2) is 8.42 Å². The molecule has 0 saturated heterocycles. The number of carbonyl (C=O) groups excluding carboxylic acids is 1. The first-order valence-electron chi connectivity index (χ1n) is 7.31. The number of fused-ring (bicyclic) bond motifs is 1. The molecule has 2 aromatic carbocycles. The molecule has 1 aromatic heterocycles. The Kier molecular flexibility index (Phi) is 4.57. The Balaban J connectivity index is 2.06. The minimum Gasteiger partial charge on any atom is -0.305 e. The van der Waals surface area contributed by atoms with Crippen molar-refractivity contribution in [3.05, 3.63) is 58.9 Å². The van der Waals surface area contributed by atoms with E-state index < -0.39 is 15.7 Å². The molecule has 25 heavy (non-hydrogen) atoms. The van der Waals surface area contributed by atoms with Gasteiger partial charge in [0.15, 0.2) is 14.6 Å². The molecule has 3 aromatic rings. The fourth-order valence-corrected chi connectivity index (χ4v) is 4.00. The molecule has 0 bridgehead atoms. The molecule has 0 aliphatic rings. The summed E-state index contributed by atoms with van der Waals surface area (Å²) in [5.41, 5.74) is 1.24. The van der Waals surface area contributed by atoms with Gasteiger partial charge in [-0.05, 0) is 36.4 Å². The summed E-state index contributed by atoms with van der Waals surface area (Å²) in [5.74, 6) is 2.12. The molecule has 126 valence electrons. The molecule has 0 N–H and O–H groups in total. The predicted octanol–water partition coefficient (Wildman–Crippen LogP) is 2.48. The van der Waals surface area contributed by atoms with Gasteiger partial charge in [0.05, 0.1) is 21.7 Å². The number of thiazole rings is 1. The Labute approximate surface area is 149 Å². The summed E-state index contributed by atoms with van der Waals surface area (Å²) in [5, 5.41) is 0. The second-order valence-electron chi connectivity index (χ2n) is 5.36. The highest BCUT2D eigenvalue weighted by Crippen LogP contribution is 2.17. The van der Waals surface area contributed by atoms with Crippen molar-refractivity contribution in [1.29, 1.82) is 0 Å². The minimum atomic E-state index is -3.30. The van der Waals surface area contributed by atoms with Gasteiger partial charge in [-0.3, -0.25) is 4.79 Å². The van der Waals surface area contributed by atoms with Gasteiger partial charge in [0.1, 0.15) is 0 Å². The van der Waals surface area contributed by atoms with Gasteiger partial charge in [-0.2, -0.15) is 4.99 Å². The SMILES string of the molecule is C#CCn1c(=NC(=O)c2ccc(S(C)(=O)=O)cc2)sc2ccccc21. The van der Waals surface area contributed by atoms with Crippen molar-refractivity contribution in [1.82, 2.24) is 4.57 Å². The normalized spacial score (nSPS) is 12.2. The zero-order valence-electron chi connectivity index (χ0n) is 13.3. The number of rotatable bonds is 3. The van der Waals surface area contributed by atoms with Crippen LogP contribution in [0.3, 0.4) is 0 Å². The molecule has 0 fully saturated rings. The Morgan fingerprint density at radius 1 is 1.20 bits per heavy atom. The average Bonchev–Trinajstić information content (AvgIpc) is 2.92. The third kappa shape index (κ3) is 3.55. The van der Waals surface area contributed by atoms with E-state index in [4.69, 9.17) is 6.42 Å². The van der Waals surface area contributed by atoms with E-state index in [-0.39, 0.29) is 4.90 Å². The Morgan fingerprint density at radius 2 is 1.88 bits per heavy atom. The Bertz CT molecular complexity index is 1160. The van der Waals surface area contributed by atoms with E-state index in [9.17, 15) is 13.2 Å². The molecule has 5 nitrogen and oxygen atoms in total. The lowest BCUT2D eigenvalue weighted by atomic mass is 10.2. The van der Waals surface area contributed by atoms with Crippen LogP contribution in [0.2, 0.25) is 0 Å². The maximum Gasteiger partial charge on any atom is 0.279 e. The summed E-state index contributed by atoms with van der Waals surface area (Å²) in [6.07, 6.45) is 6.55. The van der Waals surface area contributed by atoms with Gasteiger partial charge in [-0.1, -0.05) is 29.4 Å². The molecular formula is C18H14N2O3S2. The maximum atomic E-state index is 12.4. The van der Waals surface area contributed by atoms with Gasteiger partial charge in [0.25, 0.3) is 5.91 Å². The van der Waals surface area contributed by atoms with Crippen molar-refractivity contribution in [2.75, 3.05) is 6.26 Å². The van der Waals surface area contributed by atoms with Gasteiger partial charge in [0.2, 0.25) is 0 Å². The number of amides is 1. The first-order chi connectivity index (χ1) is 11.9. The zero-order chi connectivity index (χ0) is 18.0. The van der Waals surface area contributed by atoms with E-state index in [1.807, 2.05) is 28.8 Å². The number of nitrogens with zero attached hydrogens (tertiary/aromatic N) is 2. The second-order valence-corrected chi connectivity index (χ2v) is 8.38. The fourth-order valence-electron chi connectivity index (χ4n) is 2.35. The number of hydrogen-bond donors (Lipinski definition) is 0. The monoisotopic (exact) mass is 370 g/mol. The van der Waals surface area contributed by atoms with Gasteiger partial charge in [0, 0.05) is 11.8 Å². The molecule has 0 atom stereocenters. The summed E-state index contributed by atoms with van der Waals surface area (Å²) >= 11 is 1.38. The van der Waals surface area contributed by atoms with Crippen LogP contribution < -0.4 is 4.80 Å². The molecule has 0 aliphatic carbocycles. The molecule has 0 aliphatic heterocycles. The third-order valence-electron chi connectivity index (χ3n) is 3.56. The molecule has 0 saturated carbocycles. The van der Waals surface area contributed by atoms with E-state index in [1.165, 1.54) is 35.6 Å². The highest BCUT2D eigenvalue weighted by molar-refractivity contribution is 7.90. The number of benzene rings is 2. The average molecular weight is 370 g/mol. The summed E-state index contributed by atoms with van der Waals surface area (Å²) in [4.78, 5) is 17.3. The Morgan fingerprint density at radius 3 is 2.52 bits per heavy atom. The number of aromatic nitrogens is 1. The van der Waals surface area contributed by atoms with Crippen molar-refractivity contribution in [3.8, 4) is 12.3 Å². The zero-order valence-corrected chi connectivity index (χ0v) is 15.0. The van der Waals surface area contributed by atoms with Crippen molar-refractivity contribution in [3.63, 3.8) is 0 Å². The van der Waals surface area contributed by atoms with Crippen molar-refractivity contribution >= 4 is 37.3 Å². The van der Waals surface area contributed by atoms with Crippen molar-refractivity contribution in [2.24, 2.45) is 4.99 Å². The number of carbonyl (C=O) groups is 1. The van der Waals surface area contributed by atoms with E-state index in [1.54, 1.807) is 0 Å². The van der Waals surface area contributed by atoms with E-state index in [2.05, 4.69) is 10.9 Å². The van der Waals surface area contributed by atoms with E-state index in [0.29, 0.717) is 16.9 Å². The minimum absolute atomic E-state index is 0.160. The molecule has 1 amide bonds. The molecule has 7 heteroatoms. The van der Waals surface area contributed by atoms with E-state index >= 15 is 0 Å². The predicted molar refractivity (Wildman–Crippen MR) is 98.1 cm³/mol. The lowest BCUT2D eigenvalue weighted by Crippen LogP contribution is -2.16. The molecule has 0 unspecified atom stereocenters. The topological polar surface area (TPSA) is 68.5 Å². The lowest BCUT2D eigenvalue weighted by Gasteiger charge is -2.00. The van der Waals surface area contributed by atoms with Gasteiger partial charge < -0.3 is 4.57 Å².